The molecule has 0 heterocycles. The van der Waals surface area contributed by atoms with Gasteiger partial charge in [0, 0.05) is 6.54 Å². The van der Waals surface area contributed by atoms with Crippen molar-refractivity contribution in [3.8, 4) is 5.75 Å². The maximum Gasteiger partial charge on any atom is 0.255 e. The van der Waals surface area contributed by atoms with Crippen LogP contribution in [0, 0.1) is 0 Å². The van der Waals surface area contributed by atoms with E-state index in [1.165, 1.54) is 6.42 Å². The van der Waals surface area contributed by atoms with E-state index in [4.69, 9.17) is 10.5 Å². The zero-order chi connectivity index (χ0) is 13.7. The third-order valence-electron chi connectivity index (χ3n) is 3.93. The number of carbonyl (C=O) groups is 1. The van der Waals surface area contributed by atoms with Crippen LogP contribution in [0.1, 0.15) is 42.5 Å². The van der Waals surface area contributed by atoms with Crippen LogP contribution in [0.5, 0.6) is 5.75 Å². The minimum Gasteiger partial charge on any atom is -0.496 e. The summed E-state index contributed by atoms with van der Waals surface area (Å²) in [5.74, 6) is 0.507. The van der Waals surface area contributed by atoms with Gasteiger partial charge in [-0.15, -0.1) is 0 Å². The number of nitrogens with two attached hydrogens (primary N) is 1. The Balaban J connectivity index is 2.15. The van der Waals surface area contributed by atoms with Gasteiger partial charge in [-0.3, -0.25) is 4.79 Å². The Morgan fingerprint density at radius 1 is 1.32 bits per heavy atom. The molecule has 0 aliphatic heterocycles. The van der Waals surface area contributed by atoms with E-state index >= 15 is 0 Å². The van der Waals surface area contributed by atoms with E-state index in [1.807, 2.05) is 12.1 Å². The number of benzene rings is 1. The summed E-state index contributed by atoms with van der Waals surface area (Å²) in [5, 5.41) is 3.13. The topological polar surface area (TPSA) is 64.3 Å². The van der Waals surface area contributed by atoms with Gasteiger partial charge in [-0.1, -0.05) is 31.4 Å². The molecule has 1 saturated carbocycles. The standard InChI is InChI=1S/C15H22N2O2/c1-19-13-8-4-3-7-12(13)14(18)17-15(11-16)9-5-2-6-10-15/h3-4,7-8H,2,5-6,9-11,16H2,1H3,(H,17,18). The normalized spacial score (nSPS) is 17.8. The molecule has 0 spiro atoms. The van der Waals surface area contributed by atoms with Gasteiger partial charge < -0.3 is 15.8 Å². The van der Waals surface area contributed by atoms with Gasteiger partial charge in [0.1, 0.15) is 5.75 Å². The molecule has 0 saturated heterocycles. The van der Waals surface area contributed by atoms with Gasteiger partial charge in [0.15, 0.2) is 0 Å². The Labute approximate surface area is 114 Å². The Bertz CT molecular complexity index is 440. The second-order valence-electron chi connectivity index (χ2n) is 5.20. The molecule has 1 aromatic rings. The zero-order valence-electron chi connectivity index (χ0n) is 11.4. The fraction of sp³-hybridized carbons (Fsp3) is 0.533. The molecule has 1 aliphatic carbocycles. The highest BCUT2D eigenvalue weighted by Gasteiger charge is 2.32. The molecular formula is C15H22N2O2. The summed E-state index contributed by atoms with van der Waals surface area (Å²) in [7, 11) is 1.57. The predicted octanol–water partition coefficient (Wildman–Crippen LogP) is 2.09. The van der Waals surface area contributed by atoms with Crippen molar-refractivity contribution in [3.05, 3.63) is 29.8 Å². The Kier molecular flexibility index (Phi) is 4.43. The van der Waals surface area contributed by atoms with E-state index in [0.29, 0.717) is 17.9 Å². The van der Waals surface area contributed by atoms with Gasteiger partial charge in [0.25, 0.3) is 5.91 Å². The van der Waals surface area contributed by atoms with Crippen molar-refractivity contribution < 1.29 is 9.53 Å². The number of ether oxygens (including phenoxy) is 1. The number of carbonyl (C=O) groups excluding carboxylic acids is 1. The Morgan fingerprint density at radius 2 is 2.00 bits per heavy atom. The first-order valence-corrected chi connectivity index (χ1v) is 6.86. The van der Waals surface area contributed by atoms with E-state index < -0.39 is 0 Å². The van der Waals surface area contributed by atoms with Gasteiger partial charge in [-0.2, -0.15) is 0 Å². The number of hydrogen-bond donors (Lipinski definition) is 2. The molecule has 4 heteroatoms. The third-order valence-corrected chi connectivity index (χ3v) is 3.93. The highest BCUT2D eigenvalue weighted by Crippen LogP contribution is 2.28. The molecule has 1 fully saturated rings. The molecular weight excluding hydrogens is 240 g/mol. The van der Waals surface area contributed by atoms with Crippen molar-refractivity contribution in [1.29, 1.82) is 0 Å². The van der Waals surface area contributed by atoms with Crippen LogP contribution in [0.4, 0.5) is 0 Å². The van der Waals surface area contributed by atoms with Crippen LogP contribution in [0.3, 0.4) is 0 Å². The average molecular weight is 262 g/mol. The monoisotopic (exact) mass is 262 g/mol. The highest BCUT2D eigenvalue weighted by atomic mass is 16.5. The van der Waals surface area contributed by atoms with E-state index in [0.717, 1.165) is 25.7 Å². The van der Waals surface area contributed by atoms with E-state index in [1.54, 1.807) is 19.2 Å². The van der Waals surface area contributed by atoms with E-state index in [9.17, 15) is 4.79 Å². The van der Waals surface area contributed by atoms with Crippen molar-refractivity contribution in [1.82, 2.24) is 5.32 Å². The highest BCUT2D eigenvalue weighted by molar-refractivity contribution is 5.97. The second kappa shape index (κ2) is 6.06. The number of amides is 1. The molecule has 19 heavy (non-hydrogen) atoms. The largest absolute Gasteiger partial charge is 0.496 e. The smallest absolute Gasteiger partial charge is 0.255 e. The van der Waals surface area contributed by atoms with E-state index in [-0.39, 0.29) is 11.4 Å². The van der Waals surface area contributed by atoms with Gasteiger partial charge in [-0.25, -0.2) is 0 Å². The molecule has 0 radical (unpaired) electrons. The zero-order valence-corrected chi connectivity index (χ0v) is 11.4. The molecule has 1 amide bonds. The van der Waals surface area contributed by atoms with Crippen molar-refractivity contribution >= 4 is 5.91 Å². The minimum absolute atomic E-state index is 0.0928. The summed E-state index contributed by atoms with van der Waals surface area (Å²) in [6, 6.07) is 7.27. The van der Waals surface area contributed by atoms with Gasteiger partial charge in [-0.05, 0) is 25.0 Å². The molecule has 3 N–H and O–H groups in total. The molecule has 0 unspecified atom stereocenters. The van der Waals surface area contributed by atoms with Crippen LogP contribution in [0.15, 0.2) is 24.3 Å². The molecule has 0 atom stereocenters. The summed E-state index contributed by atoms with van der Waals surface area (Å²) in [4.78, 5) is 12.4. The van der Waals surface area contributed by atoms with Crippen LogP contribution in [-0.4, -0.2) is 25.1 Å². The molecule has 0 aromatic heterocycles. The lowest BCUT2D eigenvalue weighted by Gasteiger charge is -2.37. The second-order valence-corrected chi connectivity index (χ2v) is 5.20. The molecule has 4 nitrogen and oxygen atoms in total. The van der Waals surface area contributed by atoms with Crippen molar-refractivity contribution in [2.24, 2.45) is 5.73 Å². The van der Waals surface area contributed by atoms with Crippen molar-refractivity contribution in [2.45, 2.75) is 37.6 Å². The van der Waals surface area contributed by atoms with Crippen LogP contribution in [0.2, 0.25) is 0 Å². The molecule has 0 bridgehead atoms. The molecule has 1 aromatic carbocycles. The first-order valence-electron chi connectivity index (χ1n) is 6.86. The number of rotatable bonds is 4. The maximum atomic E-state index is 12.4. The SMILES string of the molecule is COc1ccccc1C(=O)NC1(CN)CCCCC1. The number of hydrogen-bond acceptors (Lipinski definition) is 3. The van der Waals surface area contributed by atoms with Gasteiger partial charge >= 0.3 is 0 Å². The number of para-hydroxylation sites is 1. The maximum absolute atomic E-state index is 12.4. The third kappa shape index (κ3) is 3.07. The first kappa shape index (κ1) is 13.9. The predicted molar refractivity (Wildman–Crippen MR) is 75.3 cm³/mol. The lowest BCUT2D eigenvalue weighted by atomic mass is 9.81. The molecule has 1 aliphatic rings. The van der Waals surface area contributed by atoms with E-state index in [2.05, 4.69) is 5.32 Å². The number of methoxy groups -OCH3 is 1. The summed E-state index contributed by atoms with van der Waals surface area (Å²) >= 11 is 0. The van der Waals surface area contributed by atoms with Crippen LogP contribution >= 0.6 is 0 Å². The lowest BCUT2D eigenvalue weighted by Crippen LogP contribution is -2.54. The Hall–Kier alpha value is -1.55. The summed E-state index contributed by atoms with van der Waals surface area (Å²) in [6.07, 6.45) is 5.41. The van der Waals surface area contributed by atoms with Crippen molar-refractivity contribution in [2.75, 3.05) is 13.7 Å². The quantitative estimate of drug-likeness (QED) is 0.873. The summed E-state index contributed by atoms with van der Waals surface area (Å²) in [6.45, 7) is 0.494. The first-order chi connectivity index (χ1) is 9.21. The van der Waals surface area contributed by atoms with Gasteiger partial charge in [0.05, 0.1) is 18.2 Å². The fourth-order valence-corrected chi connectivity index (χ4v) is 2.75. The van der Waals surface area contributed by atoms with Crippen LogP contribution < -0.4 is 15.8 Å². The minimum atomic E-state index is -0.240. The molecule has 104 valence electrons. The van der Waals surface area contributed by atoms with Gasteiger partial charge in [0.2, 0.25) is 0 Å². The van der Waals surface area contributed by atoms with Crippen molar-refractivity contribution in [3.63, 3.8) is 0 Å². The summed E-state index contributed by atoms with van der Waals surface area (Å²) < 4.78 is 5.23. The molecule has 2 rings (SSSR count). The van der Waals surface area contributed by atoms with Crippen LogP contribution in [0.25, 0.3) is 0 Å². The average Bonchev–Trinajstić information content (AvgIpc) is 2.48. The fourth-order valence-electron chi connectivity index (χ4n) is 2.75. The Morgan fingerprint density at radius 3 is 2.63 bits per heavy atom. The lowest BCUT2D eigenvalue weighted by molar-refractivity contribution is 0.0871. The summed E-state index contributed by atoms with van der Waals surface area (Å²) in [5.41, 5.74) is 6.22. The van der Waals surface area contributed by atoms with Crippen LogP contribution in [-0.2, 0) is 0 Å². The number of nitrogens with one attached hydrogen (secondary N) is 1.